The molecule has 166 valence electrons. The third-order valence-corrected chi connectivity index (χ3v) is 6.18. The van der Waals surface area contributed by atoms with Crippen LogP contribution in [0.2, 0.25) is 5.02 Å². The van der Waals surface area contributed by atoms with E-state index in [1.165, 1.54) is 4.90 Å². The van der Waals surface area contributed by atoms with Crippen LogP contribution in [0.3, 0.4) is 0 Å². The number of nitrogens with zero attached hydrogens (tertiary/aromatic N) is 2. The van der Waals surface area contributed by atoms with Gasteiger partial charge in [0, 0.05) is 35.9 Å². The summed E-state index contributed by atoms with van der Waals surface area (Å²) in [6, 6.07) is 15.1. The summed E-state index contributed by atoms with van der Waals surface area (Å²) in [5.74, 6) is -0.855. The fraction of sp³-hybridized carbons (Fsp3) is 0.192. The molecule has 1 amide bonds. The number of aromatic nitrogens is 1. The highest BCUT2D eigenvalue weighted by molar-refractivity contribution is 6.46. The molecule has 1 aromatic heterocycles. The van der Waals surface area contributed by atoms with Crippen LogP contribution in [0.4, 0.5) is 0 Å². The molecular weight excluding hydrogens is 440 g/mol. The number of carbonyl (C=O) groups excluding carboxylic acids is 2. The predicted molar refractivity (Wildman–Crippen MR) is 124 cm³/mol. The predicted octanol–water partition coefficient (Wildman–Crippen LogP) is 4.68. The Hall–Kier alpha value is -3.64. The molecule has 2 aliphatic rings. The van der Waals surface area contributed by atoms with Gasteiger partial charge in [-0.3, -0.25) is 14.6 Å². The molecule has 2 aliphatic heterocycles. The third kappa shape index (κ3) is 3.87. The van der Waals surface area contributed by atoms with E-state index in [2.05, 4.69) is 4.98 Å². The largest absolute Gasteiger partial charge is 0.507 e. The average Bonchev–Trinajstić information content (AvgIpc) is 3.30. The van der Waals surface area contributed by atoms with Crippen molar-refractivity contribution in [1.82, 2.24) is 9.88 Å². The van der Waals surface area contributed by atoms with E-state index >= 15 is 0 Å². The minimum absolute atomic E-state index is 0.0399. The number of ketones is 1. The van der Waals surface area contributed by atoms with Crippen LogP contribution < -0.4 is 4.74 Å². The molecule has 0 saturated carbocycles. The second-order valence-electron chi connectivity index (χ2n) is 8.30. The van der Waals surface area contributed by atoms with Gasteiger partial charge in [-0.2, -0.15) is 0 Å². The quantitative estimate of drug-likeness (QED) is 0.347. The standard InChI is InChI=1S/C26H21ClN2O4/c1-15-10-19-11-18(7-8-21(19)33-15)24(30)22-23(17-5-2-6-20(27)12-17)29(26(32)25(22)31)14-16-4-3-9-28-13-16/h2-9,11-13,15,23,30H,10,14H2,1H3/b24-22-. The maximum absolute atomic E-state index is 13.2. The molecule has 0 aliphatic carbocycles. The van der Waals surface area contributed by atoms with Gasteiger partial charge in [0.05, 0.1) is 11.6 Å². The van der Waals surface area contributed by atoms with Crippen molar-refractivity contribution < 1.29 is 19.4 Å². The minimum atomic E-state index is -0.785. The van der Waals surface area contributed by atoms with Crippen LogP contribution in [0.1, 0.15) is 35.2 Å². The van der Waals surface area contributed by atoms with Crippen LogP contribution in [0.15, 0.2) is 72.6 Å². The maximum atomic E-state index is 13.2. The monoisotopic (exact) mass is 460 g/mol. The summed E-state index contributed by atoms with van der Waals surface area (Å²) < 4.78 is 5.74. The van der Waals surface area contributed by atoms with Crippen LogP contribution in [0.5, 0.6) is 5.75 Å². The SMILES string of the molecule is CC1Cc2cc(/C(O)=C3/C(=O)C(=O)N(Cc4cccnc4)C3c3cccc(Cl)c3)ccc2O1. The van der Waals surface area contributed by atoms with Crippen LogP contribution in [-0.2, 0) is 22.6 Å². The molecular formula is C26H21ClN2O4. The number of benzene rings is 2. The number of halogens is 1. The molecule has 0 spiro atoms. The molecule has 1 N–H and O–H groups in total. The lowest BCUT2D eigenvalue weighted by molar-refractivity contribution is -0.140. The normalized spacial score (nSPS) is 21.2. The van der Waals surface area contributed by atoms with Gasteiger partial charge in [-0.1, -0.05) is 29.8 Å². The second kappa shape index (κ2) is 8.37. The van der Waals surface area contributed by atoms with Crippen molar-refractivity contribution in [2.75, 3.05) is 0 Å². The van der Waals surface area contributed by atoms with Gasteiger partial charge in [0.15, 0.2) is 0 Å². The number of fused-ring (bicyclic) bond motifs is 1. The van der Waals surface area contributed by atoms with E-state index in [0.717, 1.165) is 16.9 Å². The van der Waals surface area contributed by atoms with E-state index < -0.39 is 17.7 Å². The summed E-state index contributed by atoms with van der Waals surface area (Å²) in [4.78, 5) is 31.9. The number of pyridine rings is 1. The molecule has 0 radical (unpaired) electrons. The van der Waals surface area contributed by atoms with Gasteiger partial charge < -0.3 is 14.7 Å². The van der Waals surface area contributed by atoms with Crippen molar-refractivity contribution in [2.24, 2.45) is 0 Å². The fourth-order valence-corrected chi connectivity index (χ4v) is 4.68. The van der Waals surface area contributed by atoms with Crippen LogP contribution in [-0.4, -0.2) is 32.8 Å². The van der Waals surface area contributed by atoms with Gasteiger partial charge in [0.1, 0.15) is 17.6 Å². The molecule has 33 heavy (non-hydrogen) atoms. The Bertz CT molecular complexity index is 1290. The first-order chi connectivity index (χ1) is 15.9. The number of aliphatic hydroxyl groups is 1. The first-order valence-electron chi connectivity index (χ1n) is 10.6. The van der Waals surface area contributed by atoms with Gasteiger partial charge in [0.2, 0.25) is 0 Å². The fourth-order valence-electron chi connectivity index (χ4n) is 4.48. The highest BCUT2D eigenvalue weighted by Crippen LogP contribution is 2.41. The molecule has 2 unspecified atom stereocenters. The number of ether oxygens (including phenoxy) is 1. The molecule has 1 saturated heterocycles. The van der Waals surface area contributed by atoms with Gasteiger partial charge in [0.25, 0.3) is 11.7 Å². The van der Waals surface area contributed by atoms with Crippen molar-refractivity contribution in [1.29, 1.82) is 0 Å². The highest BCUT2D eigenvalue weighted by atomic mass is 35.5. The van der Waals surface area contributed by atoms with E-state index in [1.807, 2.05) is 19.1 Å². The second-order valence-corrected chi connectivity index (χ2v) is 8.73. The van der Waals surface area contributed by atoms with Crippen LogP contribution in [0, 0.1) is 0 Å². The molecule has 7 heteroatoms. The Morgan fingerprint density at radius 2 is 2.03 bits per heavy atom. The van der Waals surface area contributed by atoms with Gasteiger partial charge in [-0.25, -0.2) is 0 Å². The molecule has 2 aromatic carbocycles. The molecule has 3 heterocycles. The number of likely N-dealkylation sites (tertiary alicyclic amines) is 1. The summed E-state index contributed by atoms with van der Waals surface area (Å²) in [5, 5.41) is 11.8. The summed E-state index contributed by atoms with van der Waals surface area (Å²) >= 11 is 6.24. The van der Waals surface area contributed by atoms with Crippen molar-refractivity contribution in [2.45, 2.75) is 32.0 Å². The zero-order chi connectivity index (χ0) is 23.1. The van der Waals surface area contributed by atoms with Crippen molar-refractivity contribution in [3.63, 3.8) is 0 Å². The van der Waals surface area contributed by atoms with E-state index in [0.29, 0.717) is 22.6 Å². The Labute approximate surface area is 196 Å². The number of hydrogen-bond donors (Lipinski definition) is 1. The smallest absolute Gasteiger partial charge is 0.295 e. The van der Waals surface area contributed by atoms with Gasteiger partial charge in [-0.05, 0) is 60.0 Å². The Balaban J connectivity index is 1.64. The van der Waals surface area contributed by atoms with Crippen LogP contribution in [0.25, 0.3) is 5.76 Å². The number of carbonyl (C=O) groups is 2. The van der Waals surface area contributed by atoms with Gasteiger partial charge >= 0.3 is 0 Å². The zero-order valence-electron chi connectivity index (χ0n) is 17.9. The molecule has 6 nitrogen and oxygen atoms in total. The van der Waals surface area contributed by atoms with Gasteiger partial charge in [-0.15, -0.1) is 0 Å². The number of aliphatic hydroxyl groups excluding tert-OH is 1. The molecule has 5 rings (SSSR count). The zero-order valence-corrected chi connectivity index (χ0v) is 18.6. The number of hydrogen-bond acceptors (Lipinski definition) is 5. The highest BCUT2D eigenvalue weighted by Gasteiger charge is 2.46. The van der Waals surface area contributed by atoms with Crippen molar-refractivity contribution >= 4 is 29.1 Å². The summed E-state index contributed by atoms with van der Waals surface area (Å²) in [5.41, 5.74) is 2.88. The summed E-state index contributed by atoms with van der Waals surface area (Å²) in [6.45, 7) is 2.14. The minimum Gasteiger partial charge on any atom is -0.507 e. The molecule has 1 fully saturated rings. The summed E-state index contributed by atoms with van der Waals surface area (Å²) in [7, 11) is 0. The first-order valence-corrected chi connectivity index (χ1v) is 11.0. The molecule has 0 bridgehead atoms. The lowest BCUT2D eigenvalue weighted by Gasteiger charge is -2.25. The third-order valence-electron chi connectivity index (χ3n) is 5.95. The lowest BCUT2D eigenvalue weighted by atomic mass is 9.94. The number of amides is 1. The molecule has 2 atom stereocenters. The van der Waals surface area contributed by atoms with Crippen molar-refractivity contribution in [3.8, 4) is 5.75 Å². The maximum Gasteiger partial charge on any atom is 0.295 e. The Kier molecular flexibility index (Phi) is 5.38. The number of rotatable bonds is 4. The lowest BCUT2D eigenvalue weighted by Crippen LogP contribution is -2.29. The first kappa shape index (κ1) is 21.2. The van der Waals surface area contributed by atoms with Crippen LogP contribution >= 0.6 is 11.6 Å². The van der Waals surface area contributed by atoms with E-state index in [1.54, 1.807) is 54.9 Å². The van der Waals surface area contributed by atoms with E-state index in [4.69, 9.17) is 16.3 Å². The average molecular weight is 461 g/mol. The summed E-state index contributed by atoms with van der Waals surface area (Å²) in [6.07, 6.45) is 4.05. The molecule has 3 aromatic rings. The topological polar surface area (TPSA) is 79.7 Å². The Morgan fingerprint density at radius 3 is 2.79 bits per heavy atom. The van der Waals surface area contributed by atoms with E-state index in [9.17, 15) is 14.7 Å². The van der Waals surface area contributed by atoms with Crippen molar-refractivity contribution in [3.05, 3.63) is 99.8 Å². The van der Waals surface area contributed by atoms with E-state index in [-0.39, 0.29) is 24.0 Å². The number of Topliss-reactive ketones (excluding diaryl/α,β-unsaturated/α-hetero) is 1. The Morgan fingerprint density at radius 1 is 1.18 bits per heavy atom.